The molecule has 1 aromatic heterocycles. The summed E-state index contributed by atoms with van der Waals surface area (Å²) in [6.07, 6.45) is 8.89. The second kappa shape index (κ2) is 11.1. The minimum Gasteiger partial charge on any atom is -0.469 e. The highest BCUT2D eigenvalue weighted by molar-refractivity contribution is 14.0. The van der Waals surface area contributed by atoms with Crippen LogP contribution in [0.3, 0.4) is 0 Å². The normalized spacial score (nSPS) is 26.9. The number of ether oxygens (including phenoxy) is 1. The molecule has 1 aromatic rings. The van der Waals surface area contributed by atoms with Crippen LogP contribution in [-0.4, -0.2) is 38.3 Å². The summed E-state index contributed by atoms with van der Waals surface area (Å²) in [4.78, 5) is 4.83. The van der Waals surface area contributed by atoms with E-state index >= 15 is 0 Å². The molecule has 0 spiro atoms. The average molecular weight is 461 g/mol. The van der Waals surface area contributed by atoms with Crippen molar-refractivity contribution in [2.45, 2.75) is 51.5 Å². The quantitative estimate of drug-likeness (QED) is 0.386. The Labute approximate surface area is 168 Å². The molecule has 142 valence electrons. The number of rotatable bonds is 6. The van der Waals surface area contributed by atoms with Crippen molar-refractivity contribution in [2.24, 2.45) is 16.8 Å². The molecule has 1 saturated carbocycles. The number of guanidine groups is 1. The van der Waals surface area contributed by atoms with Crippen LogP contribution in [0.25, 0.3) is 0 Å². The maximum atomic E-state index is 5.46. The SMILES string of the molecule is CC1CCCC(NC(=NCC2CCOC2)NCCc2ccco2)C1.I. The number of nitrogens with zero attached hydrogens (tertiary/aromatic N) is 1. The Hall–Kier alpha value is -0.760. The molecular formula is C19H32IN3O2. The van der Waals surface area contributed by atoms with Gasteiger partial charge in [0, 0.05) is 38.1 Å². The van der Waals surface area contributed by atoms with E-state index in [9.17, 15) is 0 Å². The summed E-state index contributed by atoms with van der Waals surface area (Å²) >= 11 is 0. The average Bonchev–Trinajstić information content (AvgIpc) is 3.26. The van der Waals surface area contributed by atoms with Gasteiger partial charge < -0.3 is 19.8 Å². The summed E-state index contributed by atoms with van der Waals surface area (Å²) in [6, 6.07) is 4.50. The molecule has 1 aliphatic heterocycles. The first-order valence-corrected chi connectivity index (χ1v) is 9.44. The Morgan fingerprint density at radius 1 is 1.32 bits per heavy atom. The molecule has 6 heteroatoms. The first-order chi connectivity index (χ1) is 11.8. The molecule has 2 aliphatic rings. The van der Waals surface area contributed by atoms with E-state index in [1.54, 1.807) is 6.26 Å². The van der Waals surface area contributed by atoms with Gasteiger partial charge in [-0.2, -0.15) is 0 Å². The van der Waals surface area contributed by atoms with E-state index in [0.29, 0.717) is 12.0 Å². The summed E-state index contributed by atoms with van der Waals surface area (Å²) in [5.74, 6) is 3.34. The lowest BCUT2D eigenvalue weighted by Crippen LogP contribution is -2.46. The van der Waals surface area contributed by atoms with Crippen molar-refractivity contribution < 1.29 is 9.15 Å². The van der Waals surface area contributed by atoms with Gasteiger partial charge in [-0.05, 0) is 37.3 Å². The Bertz CT molecular complexity index is 501. The Balaban J connectivity index is 0.00000225. The zero-order valence-corrected chi connectivity index (χ0v) is 17.5. The van der Waals surface area contributed by atoms with E-state index in [-0.39, 0.29) is 24.0 Å². The monoisotopic (exact) mass is 461 g/mol. The minimum atomic E-state index is 0. The van der Waals surface area contributed by atoms with Gasteiger partial charge in [-0.25, -0.2) is 0 Å². The standard InChI is InChI=1S/C19H31N3O2.HI/c1-15-4-2-5-17(12-15)22-19(21-13-16-8-11-23-14-16)20-9-7-18-6-3-10-24-18;/h3,6,10,15-17H,2,4-5,7-9,11-14H2,1H3,(H2,20,21,22);1H. The van der Waals surface area contributed by atoms with E-state index in [4.69, 9.17) is 14.1 Å². The number of halogens is 1. The van der Waals surface area contributed by atoms with Crippen molar-refractivity contribution in [3.05, 3.63) is 24.2 Å². The molecule has 2 fully saturated rings. The molecule has 3 atom stereocenters. The predicted molar refractivity (Wildman–Crippen MR) is 112 cm³/mol. The summed E-state index contributed by atoms with van der Waals surface area (Å²) in [5, 5.41) is 7.14. The Morgan fingerprint density at radius 3 is 2.96 bits per heavy atom. The number of hydrogen-bond acceptors (Lipinski definition) is 3. The van der Waals surface area contributed by atoms with Crippen LogP contribution in [0.15, 0.2) is 27.8 Å². The van der Waals surface area contributed by atoms with E-state index in [2.05, 4.69) is 17.6 Å². The van der Waals surface area contributed by atoms with Gasteiger partial charge in [-0.3, -0.25) is 4.99 Å². The molecule has 3 unspecified atom stereocenters. The van der Waals surface area contributed by atoms with Crippen molar-refractivity contribution in [2.75, 3.05) is 26.3 Å². The lowest BCUT2D eigenvalue weighted by Gasteiger charge is -2.29. The number of hydrogen-bond donors (Lipinski definition) is 2. The van der Waals surface area contributed by atoms with Crippen LogP contribution in [0, 0.1) is 11.8 Å². The lowest BCUT2D eigenvalue weighted by atomic mass is 9.87. The van der Waals surface area contributed by atoms with Crippen LogP contribution in [0.5, 0.6) is 0 Å². The molecular weight excluding hydrogens is 429 g/mol. The third-order valence-corrected chi connectivity index (χ3v) is 5.05. The highest BCUT2D eigenvalue weighted by Crippen LogP contribution is 2.23. The van der Waals surface area contributed by atoms with Crippen molar-refractivity contribution in [3.8, 4) is 0 Å². The number of furan rings is 1. The Morgan fingerprint density at radius 2 is 2.24 bits per heavy atom. The molecule has 5 nitrogen and oxygen atoms in total. The molecule has 3 rings (SSSR count). The maximum Gasteiger partial charge on any atom is 0.191 e. The van der Waals surface area contributed by atoms with Crippen LogP contribution in [0.4, 0.5) is 0 Å². The summed E-state index contributed by atoms with van der Waals surface area (Å²) < 4.78 is 10.9. The zero-order valence-electron chi connectivity index (χ0n) is 15.2. The lowest BCUT2D eigenvalue weighted by molar-refractivity contribution is 0.187. The van der Waals surface area contributed by atoms with Crippen LogP contribution in [-0.2, 0) is 11.2 Å². The van der Waals surface area contributed by atoms with Gasteiger partial charge in [0.05, 0.1) is 12.9 Å². The smallest absolute Gasteiger partial charge is 0.191 e. The third kappa shape index (κ3) is 7.17. The summed E-state index contributed by atoms with van der Waals surface area (Å²) in [5.41, 5.74) is 0. The van der Waals surface area contributed by atoms with E-state index < -0.39 is 0 Å². The molecule has 0 radical (unpaired) electrons. The second-order valence-corrected chi connectivity index (χ2v) is 7.29. The number of aliphatic imine (C=N–C) groups is 1. The zero-order chi connectivity index (χ0) is 16.6. The molecule has 0 aromatic carbocycles. The van der Waals surface area contributed by atoms with E-state index in [1.807, 2.05) is 12.1 Å². The van der Waals surface area contributed by atoms with Crippen LogP contribution in [0.1, 0.15) is 44.8 Å². The Kier molecular flexibility index (Phi) is 9.09. The largest absolute Gasteiger partial charge is 0.469 e. The van der Waals surface area contributed by atoms with Gasteiger partial charge in [-0.1, -0.05) is 19.8 Å². The van der Waals surface area contributed by atoms with Crippen LogP contribution < -0.4 is 10.6 Å². The highest BCUT2D eigenvalue weighted by atomic mass is 127. The fourth-order valence-corrected chi connectivity index (χ4v) is 3.62. The maximum absolute atomic E-state index is 5.46. The van der Waals surface area contributed by atoms with Gasteiger partial charge in [0.2, 0.25) is 0 Å². The van der Waals surface area contributed by atoms with Gasteiger partial charge in [0.15, 0.2) is 5.96 Å². The fraction of sp³-hybridized carbons (Fsp3) is 0.737. The minimum absolute atomic E-state index is 0. The summed E-state index contributed by atoms with van der Waals surface area (Å²) in [6.45, 7) is 5.77. The van der Waals surface area contributed by atoms with Gasteiger partial charge in [-0.15, -0.1) is 24.0 Å². The fourth-order valence-electron chi connectivity index (χ4n) is 3.62. The molecule has 0 amide bonds. The topological polar surface area (TPSA) is 58.8 Å². The molecule has 0 bridgehead atoms. The van der Waals surface area contributed by atoms with Gasteiger partial charge in [0.25, 0.3) is 0 Å². The van der Waals surface area contributed by atoms with Crippen molar-refractivity contribution in [1.29, 1.82) is 0 Å². The van der Waals surface area contributed by atoms with Crippen molar-refractivity contribution in [3.63, 3.8) is 0 Å². The first kappa shape index (κ1) is 20.6. The first-order valence-electron chi connectivity index (χ1n) is 9.44. The second-order valence-electron chi connectivity index (χ2n) is 7.29. The highest BCUT2D eigenvalue weighted by Gasteiger charge is 2.20. The van der Waals surface area contributed by atoms with Gasteiger partial charge >= 0.3 is 0 Å². The molecule has 1 aliphatic carbocycles. The molecule has 1 saturated heterocycles. The predicted octanol–water partition coefficient (Wildman–Crippen LogP) is 3.59. The molecule has 25 heavy (non-hydrogen) atoms. The number of nitrogens with one attached hydrogen (secondary N) is 2. The van der Waals surface area contributed by atoms with Gasteiger partial charge in [0.1, 0.15) is 5.76 Å². The van der Waals surface area contributed by atoms with Crippen molar-refractivity contribution >= 4 is 29.9 Å². The van der Waals surface area contributed by atoms with Crippen molar-refractivity contribution in [1.82, 2.24) is 10.6 Å². The summed E-state index contributed by atoms with van der Waals surface area (Å²) in [7, 11) is 0. The molecule has 2 heterocycles. The van der Waals surface area contributed by atoms with Crippen LogP contribution >= 0.6 is 24.0 Å². The molecule has 2 N–H and O–H groups in total. The third-order valence-electron chi connectivity index (χ3n) is 5.05. The van der Waals surface area contributed by atoms with E-state index in [0.717, 1.165) is 56.8 Å². The van der Waals surface area contributed by atoms with Crippen LogP contribution in [0.2, 0.25) is 0 Å². The van der Waals surface area contributed by atoms with E-state index in [1.165, 1.54) is 25.7 Å².